The van der Waals surface area contributed by atoms with Crippen LogP contribution in [0.3, 0.4) is 0 Å². The summed E-state index contributed by atoms with van der Waals surface area (Å²) in [4.78, 5) is 37.0. The van der Waals surface area contributed by atoms with Crippen molar-refractivity contribution in [2.24, 2.45) is 5.92 Å². The van der Waals surface area contributed by atoms with Gasteiger partial charge in [-0.3, -0.25) is 9.59 Å². The van der Waals surface area contributed by atoms with E-state index in [1.165, 1.54) is 29.9 Å². The number of nitrogens with one attached hydrogen (secondary N) is 1. The lowest BCUT2D eigenvalue weighted by molar-refractivity contribution is -0.145. The fourth-order valence-electron chi connectivity index (χ4n) is 3.33. The molecule has 0 spiro atoms. The van der Waals surface area contributed by atoms with Crippen LogP contribution in [-0.4, -0.2) is 30.3 Å². The third kappa shape index (κ3) is 4.68. The molecule has 1 heterocycles. The lowest BCUT2D eigenvalue weighted by atomic mass is 9.90. The summed E-state index contributed by atoms with van der Waals surface area (Å²) < 4.78 is 10.2. The van der Waals surface area contributed by atoms with Gasteiger partial charge in [-0.25, -0.2) is 4.79 Å². The topological polar surface area (TPSA) is 85.6 Å². The number of carbonyl (C=O) groups excluding carboxylic acids is 3. The number of aryl methyl sites for hydroxylation is 2. The van der Waals surface area contributed by atoms with E-state index in [1.807, 2.05) is 12.1 Å². The summed E-state index contributed by atoms with van der Waals surface area (Å²) >= 11 is 0. The molecule has 1 aromatic carbocycles. The lowest BCUT2D eigenvalue weighted by Gasteiger charge is -2.20. The highest BCUT2D eigenvalue weighted by Gasteiger charge is 2.27. The Balaban J connectivity index is 1.59. The second-order valence-electron chi connectivity index (χ2n) is 7.39. The molecule has 6 heteroatoms. The molecule has 0 aliphatic heterocycles. The number of furan rings is 1. The van der Waals surface area contributed by atoms with Gasteiger partial charge in [0.25, 0.3) is 5.91 Å². The normalized spacial score (nSPS) is 14.2. The van der Waals surface area contributed by atoms with E-state index in [0.29, 0.717) is 5.56 Å². The van der Waals surface area contributed by atoms with Crippen LogP contribution in [0.2, 0.25) is 0 Å². The number of benzene rings is 1. The van der Waals surface area contributed by atoms with Gasteiger partial charge in [-0.2, -0.15) is 0 Å². The monoisotopic (exact) mass is 383 g/mol. The Labute approximate surface area is 164 Å². The van der Waals surface area contributed by atoms with Crippen LogP contribution < -0.4 is 5.32 Å². The Morgan fingerprint density at radius 3 is 2.54 bits per heavy atom. The Morgan fingerprint density at radius 1 is 1.11 bits per heavy atom. The highest BCUT2D eigenvalue weighted by atomic mass is 16.5. The Bertz CT molecular complexity index is 854. The second-order valence-corrected chi connectivity index (χ2v) is 7.39. The number of hydrogen-bond donors (Lipinski definition) is 1. The van der Waals surface area contributed by atoms with Gasteiger partial charge in [0.15, 0.2) is 18.2 Å². The summed E-state index contributed by atoms with van der Waals surface area (Å²) in [6.45, 7) is 3.23. The van der Waals surface area contributed by atoms with Gasteiger partial charge in [-0.15, -0.1) is 0 Å². The summed E-state index contributed by atoms with van der Waals surface area (Å²) in [5.41, 5.74) is 3.05. The number of amides is 1. The van der Waals surface area contributed by atoms with Crippen molar-refractivity contribution in [3.8, 4) is 0 Å². The van der Waals surface area contributed by atoms with Crippen LogP contribution >= 0.6 is 0 Å². The van der Waals surface area contributed by atoms with Gasteiger partial charge in [0.05, 0.1) is 6.26 Å². The van der Waals surface area contributed by atoms with E-state index in [-0.39, 0.29) is 24.1 Å². The molecule has 0 bridgehead atoms. The third-order valence-electron chi connectivity index (χ3n) is 4.97. The Morgan fingerprint density at radius 2 is 1.86 bits per heavy atom. The SMILES string of the molecule is CC(C)[C@H](NC(=O)c1ccco1)C(=O)OCC(=O)c1ccc2c(c1)CCCC2. The maximum Gasteiger partial charge on any atom is 0.329 e. The van der Waals surface area contributed by atoms with E-state index in [2.05, 4.69) is 5.32 Å². The van der Waals surface area contributed by atoms with Gasteiger partial charge in [0, 0.05) is 5.56 Å². The van der Waals surface area contributed by atoms with Gasteiger partial charge >= 0.3 is 5.97 Å². The van der Waals surface area contributed by atoms with Gasteiger partial charge in [0.2, 0.25) is 0 Å². The van der Waals surface area contributed by atoms with Crippen molar-refractivity contribution in [1.29, 1.82) is 0 Å². The first-order valence-corrected chi connectivity index (χ1v) is 9.61. The summed E-state index contributed by atoms with van der Waals surface area (Å²) in [7, 11) is 0. The predicted molar refractivity (Wildman–Crippen MR) is 103 cm³/mol. The van der Waals surface area contributed by atoms with Crippen molar-refractivity contribution in [2.45, 2.75) is 45.6 Å². The first-order valence-electron chi connectivity index (χ1n) is 9.61. The van der Waals surface area contributed by atoms with Crippen LogP contribution in [0.15, 0.2) is 41.0 Å². The van der Waals surface area contributed by atoms with Gasteiger partial charge in [-0.05, 0) is 60.9 Å². The minimum atomic E-state index is -0.867. The molecule has 148 valence electrons. The lowest BCUT2D eigenvalue weighted by Crippen LogP contribution is -2.45. The average molecular weight is 383 g/mol. The molecular formula is C22H25NO5. The first kappa shape index (κ1) is 19.9. The number of ether oxygens (including phenoxy) is 1. The predicted octanol–water partition coefficient (Wildman–Crippen LogP) is 3.34. The molecule has 1 N–H and O–H groups in total. The molecular weight excluding hydrogens is 358 g/mol. The number of rotatable bonds is 7. The quantitative estimate of drug-likeness (QED) is 0.585. The van der Waals surface area contributed by atoms with Gasteiger partial charge in [-0.1, -0.05) is 26.0 Å². The number of carbonyl (C=O) groups is 3. The largest absolute Gasteiger partial charge is 0.459 e. The average Bonchev–Trinajstić information content (AvgIpc) is 3.24. The number of Topliss-reactive ketones (excluding diaryl/α,β-unsaturated/α-hetero) is 1. The summed E-state index contributed by atoms with van der Waals surface area (Å²) in [5, 5.41) is 2.60. The number of esters is 1. The zero-order chi connectivity index (χ0) is 20.1. The van der Waals surface area contributed by atoms with Crippen molar-refractivity contribution < 1.29 is 23.5 Å². The molecule has 1 aliphatic carbocycles. The van der Waals surface area contributed by atoms with Crippen molar-refractivity contribution >= 4 is 17.7 Å². The molecule has 1 amide bonds. The molecule has 1 aliphatic rings. The number of fused-ring (bicyclic) bond motifs is 1. The molecule has 2 aromatic rings. The maximum atomic E-state index is 12.5. The molecule has 0 fully saturated rings. The van der Waals surface area contributed by atoms with Crippen LogP contribution in [0.5, 0.6) is 0 Å². The zero-order valence-corrected chi connectivity index (χ0v) is 16.2. The molecule has 3 rings (SSSR count). The van der Waals surface area contributed by atoms with Crippen molar-refractivity contribution in [3.63, 3.8) is 0 Å². The van der Waals surface area contributed by atoms with Crippen LogP contribution in [0, 0.1) is 5.92 Å². The van der Waals surface area contributed by atoms with Crippen molar-refractivity contribution in [1.82, 2.24) is 5.32 Å². The standard InChI is InChI=1S/C22H25NO5/c1-14(2)20(23-21(25)19-8-5-11-27-19)22(26)28-13-18(24)17-10-9-15-6-3-4-7-16(15)12-17/h5,8-12,14,20H,3-4,6-7,13H2,1-2H3,(H,23,25)/t20-/m0/s1. The van der Waals surface area contributed by atoms with E-state index in [9.17, 15) is 14.4 Å². The minimum absolute atomic E-state index is 0.114. The first-order chi connectivity index (χ1) is 13.5. The van der Waals surface area contributed by atoms with E-state index in [1.54, 1.807) is 26.0 Å². The van der Waals surface area contributed by atoms with E-state index in [4.69, 9.17) is 9.15 Å². The van der Waals surface area contributed by atoms with Gasteiger partial charge < -0.3 is 14.5 Å². The molecule has 0 radical (unpaired) electrons. The van der Waals surface area contributed by atoms with Gasteiger partial charge in [0.1, 0.15) is 6.04 Å². The molecule has 28 heavy (non-hydrogen) atoms. The van der Waals surface area contributed by atoms with Crippen molar-refractivity contribution in [2.75, 3.05) is 6.61 Å². The summed E-state index contributed by atoms with van der Waals surface area (Å²) in [6, 6.07) is 7.92. The zero-order valence-electron chi connectivity index (χ0n) is 16.2. The smallest absolute Gasteiger partial charge is 0.329 e. The number of hydrogen-bond acceptors (Lipinski definition) is 5. The van der Waals surface area contributed by atoms with Crippen LogP contribution in [0.1, 0.15) is 58.7 Å². The molecule has 1 aromatic heterocycles. The van der Waals surface area contributed by atoms with Crippen LogP contribution in [0.4, 0.5) is 0 Å². The fourth-order valence-corrected chi connectivity index (χ4v) is 3.33. The molecule has 0 saturated heterocycles. The molecule has 0 saturated carbocycles. The highest BCUT2D eigenvalue weighted by molar-refractivity contribution is 5.99. The summed E-state index contributed by atoms with van der Waals surface area (Å²) in [6.07, 6.45) is 5.72. The molecule has 0 unspecified atom stereocenters. The van der Waals surface area contributed by atoms with E-state index < -0.39 is 17.9 Å². The van der Waals surface area contributed by atoms with Crippen LogP contribution in [0.25, 0.3) is 0 Å². The maximum absolute atomic E-state index is 12.5. The minimum Gasteiger partial charge on any atom is -0.459 e. The Kier molecular flexibility index (Phi) is 6.29. The second kappa shape index (κ2) is 8.87. The van der Waals surface area contributed by atoms with Crippen LogP contribution in [-0.2, 0) is 22.4 Å². The number of ketones is 1. The van der Waals surface area contributed by atoms with E-state index >= 15 is 0 Å². The molecule has 1 atom stereocenters. The third-order valence-corrected chi connectivity index (χ3v) is 4.97. The summed E-state index contributed by atoms with van der Waals surface area (Å²) in [5.74, 6) is -1.47. The highest BCUT2D eigenvalue weighted by Crippen LogP contribution is 2.22. The fraction of sp³-hybridized carbons (Fsp3) is 0.409. The van der Waals surface area contributed by atoms with E-state index in [0.717, 1.165) is 19.3 Å². The Hall–Kier alpha value is -2.89. The molecule has 6 nitrogen and oxygen atoms in total. The van der Waals surface area contributed by atoms with Crippen molar-refractivity contribution in [3.05, 3.63) is 59.0 Å².